The Hall–Kier alpha value is -2.06. The molecule has 154 valence electrons. The van der Waals surface area contributed by atoms with E-state index in [0.29, 0.717) is 25.5 Å². The molecule has 1 atom stereocenters. The van der Waals surface area contributed by atoms with Gasteiger partial charge in [-0.15, -0.1) is 11.3 Å². The van der Waals surface area contributed by atoms with Crippen molar-refractivity contribution in [2.75, 3.05) is 20.3 Å². The molecule has 0 spiro atoms. The number of methoxy groups -OCH3 is 1. The summed E-state index contributed by atoms with van der Waals surface area (Å²) in [5.74, 6) is 0.640. The van der Waals surface area contributed by atoms with Crippen LogP contribution in [0.2, 0.25) is 0 Å². The Kier molecular flexibility index (Phi) is 6.40. The number of aryl methyl sites for hydroxylation is 2. The molecule has 0 aliphatic heterocycles. The molecule has 2 aromatic heterocycles. The molecular weight excluding hydrogens is 386 g/mol. The van der Waals surface area contributed by atoms with E-state index in [9.17, 15) is 9.90 Å². The van der Waals surface area contributed by atoms with Gasteiger partial charge < -0.3 is 14.8 Å². The van der Waals surface area contributed by atoms with Crippen LogP contribution in [0.15, 0.2) is 35.1 Å². The van der Waals surface area contributed by atoms with Crippen molar-refractivity contribution in [3.05, 3.63) is 62.5 Å². The van der Waals surface area contributed by atoms with Gasteiger partial charge in [-0.1, -0.05) is 30.3 Å². The molecular formula is C22H27N3O3S. The molecule has 1 aliphatic rings. The lowest BCUT2D eigenvalue weighted by molar-refractivity contribution is 0.0332. The SMILES string of the molecule is COC[C@H](O)CN(Cc1ccccc1)Cc1nc2sc3c(c2c(=O)[nH]1)CCCC3. The van der Waals surface area contributed by atoms with Crippen molar-refractivity contribution in [2.45, 2.75) is 44.9 Å². The highest BCUT2D eigenvalue weighted by Crippen LogP contribution is 2.33. The van der Waals surface area contributed by atoms with E-state index >= 15 is 0 Å². The summed E-state index contributed by atoms with van der Waals surface area (Å²) >= 11 is 1.66. The first-order valence-electron chi connectivity index (χ1n) is 10.1. The number of fused-ring (bicyclic) bond motifs is 3. The van der Waals surface area contributed by atoms with Crippen LogP contribution in [-0.2, 0) is 30.7 Å². The minimum atomic E-state index is -0.604. The van der Waals surface area contributed by atoms with Crippen molar-refractivity contribution < 1.29 is 9.84 Å². The zero-order chi connectivity index (χ0) is 20.2. The molecule has 3 aromatic rings. The van der Waals surface area contributed by atoms with Crippen molar-refractivity contribution in [1.29, 1.82) is 0 Å². The number of ether oxygens (including phenoxy) is 1. The van der Waals surface area contributed by atoms with Gasteiger partial charge in [-0.25, -0.2) is 4.98 Å². The fraction of sp³-hybridized carbons (Fsp3) is 0.455. The minimum absolute atomic E-state index is 0.0403. The number of hydrogen-bond acceptors (Lipinski definition) is 6. The molecule has 0 radical (unpaired) electrons. The lowest BCUT2D eigenvalue weighted by atomic mass is 9.97. The summed E-state index contributed by atoms with van der Waals surface area (Å²) < 4.78 is 5.08. The van der Waals surface area contributed by atoms with E-state index in [1.54, 1.807) is 18.4 Å². The molecule has 7 heteroatoms. The quantitative estimate of drug-likeness (QED) is 0.594. The lowest BCUT2D eigenvalue weighted by Crippen LogP contribution is -2.35. The van der Waals surface area contributed by atoms with Gasteiger partial charge in [0.05, 0.1) is 24.6 Å². The zero-order valence-corrected chi connectivity index (χ0v) is 17.5. The number of aromatic amines is 1. The van der Waals surface area contributed by atoms with Gasteiger partial charge in [0.15, 0.2) is 0 Å². The minimum Gasteiger partial charge on any atom is -0.389 e. The van der Waals surface area contributed by atoms with Gasteiger partial charge >= 0.3 is 0 Å². The van der Waals surface area contributed by atoms with E-state index in [2.05, 4.69) is 22.0 Å². The van der Waals surface area contributed by atoms with Crippen LogP contribution in [0.4, 0.5) is 0 Å². The number of aromatic nitrogens is 2. The molecule has 4 rings (SSSR count). The maximum absolute atomic E-state index is 12.8. The second-order valence-electron chi connectivity index (χ2n) is 7.67. The molecule has 2 heterocycles. The number of nitrogens with one attached hydrogen (secondary N) is 1. The fourth-order valence-electron chi connectivity index (χ4n) is 4.06. The number of rotatable bonds is 8. The maximum atomic E-state index is 12.8. The molecule has 2 N–H and O–H groups in total. The molecule has 1 aromatic carbocycles. The fourth-order valence-corrected chi connectivity index (χ4v) is 5.35. The standard InChI is InChI=1S/C22H27N3O3S/c1-28-14-16(26)12-25(11-15-7-3-2-4-8-15)13-19-23-21(27)20-17-9-5-6-10-18(17)29-22(20)24-19/h2-4,7-8,16,26H,5-6,9-14H2,1H3,(H,23,24,27)/t16-/m1/s1. The third-order valence-corrected chi connectivity index (χ3v) is 6.51. The molecule has 0 saturated carbocycles. The van der Waals surface area contributed by atoms with Crippen LogP contribution in [0.3, 0.4) is 0 Å². The monoisotopic (exact) mass is 413 g/mol. The molecule has 0 unspecified atom stereocenters. The summed E-state index contributed by atoms with van der Waals surface area (Å²) in [6.07, 6.45) is 3.75. The largest absolute Gasteiger partial charge is 0.389 e. The Morgan fingerprint density at radius 3 is 2.83 bits per heavy atom. The highest BCUT2D eigenvalue weighted by Gasteiger charge is 2.21. The van der Waals surface area contributed by atoms with Gasteiger partial charge in [0.25, 0.3) is 5.56 Å². The predicted octanol–water partition coefficient (Wildman–Crippen LogP) is 2.87. The van der Waals surface area contributed by atoms with Gasteiger partial charge in [-0.3, -0.25) is 9.69 Å². The first kappa shape index (κ1) is 20.2. The summed E-state index contributed by atoms with van der Waals surface area (Å²) in [6.45, 7) is 1.82. The topological polar surface area (TPSA) is 78.5 Å². The second kappa shape index (κ2) is 9.17. The van der Waals surface area contributed by atoms with Crippen LogP contribution < -0.4 is 5.56 Å². The molecule has 1 aliphatic carbocycles. The van der Waals surface area contributed by atoms with Crippen LogP contribution >= 0.6 is 11.3 Å². The number of benzene rings is 1. The molecule has 0 saturated heterocycles. The average Bonchev–Trinajstić information content (AvgIpc) is 3.07. The van der Waals surface area contributed by atoms with E-state index in [-0.39, 0.29) is 12.2 Å². The van der Waals surface area contributed by atoms with E-state index in [1.807, 2.05) is 18.2 Å². The van der Waals surface area contributed by atoms with E-state index in [0.717, 1.165) is 35.0 Å². The Morgan fingerprint density at radius 1 is 1.24 bits per heavy atom. The summed E-state index contributed by atoms with van der Waals surface area (Å²) in [5, 5.41) is 11.0. The molecule has 29 heavy (non-hydrogen) atoms. The zero-order valence-electron chi connectivity index (χ0n) is 16.7. The Labute approximate surface area is 174 Å². The van der Waals surface area contributed by atoms with E-state index < -0.39 is 6.10 Å². The van der Waals surface area contributed by atoms with Crippen LogP contribution in [-0.4, -0.2) is 46.3 Å². The first-order chi connectivity index (χ1) is 14.1. The van der Waals surface area contributed by atoms with Gasteiger partial charge in [0.1, 0.15) is 10.7 Å². The number of H-pyrrole nitrogens is 1. The van der Waals surface area contributed by atoms with Crippen molar-refractivity contribution in [3.63, 3.8) is 0 Å². The van der Waals surface area contributed by atoms with Crippen molar-refractivity contribution in [1.82, 2.24) is 14.9 Å². The summed E-state index contributed by atoms with van der Waals surface area (Å²) in [7, 11) is 1.58. The Balaban J connectivity index is 1.60. The maximum Gasteiger partial charge on any atom is 0.259 e. The van der Waals surface area contributed by atoms with Crippen molar-refractivity contribution in [3.8, 4) is 0 Å². The smallest absolute Gasteiger partial charge is 0.259 e. The highest BCUT2D eigenvalue weighted by atomic mass is 32.1. The van der Waals surface area contributed by atoms with Crippen LogP contribution in [0.5, 0.6) is 0 Å². The van der Waals surface area contributed by atoms with E-state index in [4.69, 9.17) is 9.72 Å². The number of nitrogens with zero attached hydrogens (tertiary/aromatic N) is 2. The summed E-state index contributed by atoms with van der Waals surface area (Å²) in [6, 6.07) is 10.1. The van der Waals surface area contributed by atoms with Gasteiger partial charge in [0, 0.05) is 25.1 Å². The number of aliphatic hydroxyl groups is 1. The van der Waals surface area contributed by atoms with Crippen LogP contribution in [0, 0.1) is 0 Å². The molecule has 0 bridgehead atoms. The molecule has 0 amide bonds. The van der Waals surface area contributed by atoms with Gasteiger partial charge in [0.2, 0.25) is 0 Å². The molecule has 6 nitrogen and oxygen atoms in total. The first-order valence-corrected chi connectivity index (χ1v) is 10.9. The number of hydrogen-bond donors (Lipinski definition) is 2. The number of thiophene rings is 1. The van der Waals surface area contributed by atoms with Crippen molar-refractivity contribution in [2.24, 2.45) is 0 Å². The molecule has 0 fully saturated rings. The van der Waals surface area contributed by atoms with Crippen molar-refractivity contribution >= 4 is 21.6 Å². The van der Waals surface area contributed by atoms with E-state index in [1.165, 1.54) is 16.9 Å². The summed E-state index contributed by atoms with van der Waals surface area (Å²) in [4.78, 5) is 24.9. The Morgan fingerprint density at radius 2 is 2.03 bits per heavy atom. The average molecular weight is 414 g/mol. The lowest BCUT2D eigenvalue weighted by Gasteiger charge is -2.24. The van der Waals surface area contributed by atoms with Crippen LogP contribution in [0.1, 0.15) is 34.7 Å². The number of aliphatic hydroxyl groups excluding tert-OH is 1. The third kappa shape index (κ3) is 4.75. The third-order valence-electron chi connectivity index (χ3n) is 5.32. The summed E-state index contributed by atoms with van der Waals surface area (Å²) in [5.41, 5.74) is 2.31. The van der Waals surface area contributed by atoms with Gasteiger partial charge in [-0.05, 0) is 36.8 Å². The van der Waals surface area contributed by atoms with Crippen LogP contribution in [0.25, 0.3) is 10.2 Å². The predicted molar refractivity (Wildman–Crippen MR) is 115 cm³/mol. The Bertz CT molecular complexity index is 1020. The normalized spacial score (nSPS) is 15.0. The second-order valence-corrected chi connectivity index (χ2v) is 8.75. The van der Waals surface area contributed by atoms with Gasteiger partial charge in [-0.2, -0.15) is 0 Å². The highest BCUT2D eigenvalue weighted by molar-refractivity contribution is 7.18.